The van der Waals surface area contributed by atoms with Crippen LogP contribution in [-0.2, 0) is 22.5 Å². The molecule has 0 aliphatic carbocycles. The molecule has 1 heterocycles. The number of rotatable bonds is 12. The summed E-state index contributed by atoms with van der Waals surface area (Å²) < 4.78 is 41.0. The number of halogens is 3. The molecular weight excluding hydrogens is 648 g/mol. The number of ether oxygens (including phenoxy) is 2. The molecule has 12 heteroatoms. The highest BCUT2D eigenvalue weighted by Gasteiger charge is 2.53. The van der Waals surface area contributed by atoms with Crippen LogP contribution in [0.4, 0.5) is 14.5 Å². The molecule has 2 atom stereocenters. The summed E-state index contributed by atoms with van der Waals surface area (Å²) in [6.07, 6.45) is -0.492. The van der Waals surface area contributed by atoms with E-state index in [0.29, 0.717) is 41.2 Å². The smallest absolute Gasteiger partial charge is 0.252 e. The van der Waals surface area contributed by atoms with Gasteiger partial charge in [0.2, 0.25) is 5.90 Å². The zero-order chi connectivity index (χ0) is 31.8. The molecular formula is C33H28BrF2N5O4. The van der Waals surface area contributed by atoms with Crippen LogP contribution in [0.3, 0.4) is 0 Å². The second-order valence-electron chi connectivity index (χ2n) is 10.3. The fourth-order valence-corrected chi connectivity index (χ4v) is 5.27. The number of amides is 1. The van der Waals surface area contributed by atoms with Crippen LogP contribution in [0.2, 0.25) is 0 Å². The van der Waals surface area contributed by atoms with Gasteiger partial charge in [0, 0.05) is 58.3 Å². The van der Waals surface area contributed by atoms with Gasteiger partial charge < -0.3 is 19.9 Å². The van der Waals surface area contributed by atoms with Crippen LogP contribution >= 0.6 is 15.9 Å². The third-order valence-electron chi connectivity index (χ3n) is 7.26. The summed E-state index contributed by atoms with van der Waals surface area (Å²) in [5, 5.41) is 15.6. The van der Waals surface area contributed by atoms with E-state index in [1.807, 2.05) is 24.3 Å². The molecule has 45 heavy (non-hydrogen) atoms. The number of aliphatic imine (C=N–C) groups is 1. The minimum absolute atomic E-state index is 0.0148. The molecule has 4 aromatic carbocycles. The monoisotopic (exact) mass is 675 g/mol. The van der Waals surface area contributed by atoms with Crippen molar-refractivity contribution < 1.29 is 28.2 Å². The van der Waals surface area contributed by atoms with Gasteiger partial charge in [-0.2, -0.15) is 0 Å². The quantitative estimate of drug-likeness (QED) is 0.0709. The van der Waals surface area contributed by atoms with Crippen LogP contribution in [0.15, 0.2) is 106 Å². The molecule has 4 aromatic rings. The second kappa shape index (κ2) is 14.3. The zero-order valence-corrected chi connectivity index (χ0v) is 25.5. The van der Waals surface area contributed by atoms with Crippen LogP contribution in [0.25, 0.3) is 10.4 Å². The second-order valence-corrected chi connectivity index (χ2v) is 11.2. The summed E-state index contributed by atoms with van der Waals surface area (Å²) in [5.41, 5.74) is 9.74. The normalized spacial score (nSPS) is 17.2. The maximum absolute atomic E-state index is 14.5. The van der Waals surface area contributed by atoms with Gasteiger partial charge in [0.25, 0.3) is 5.91 Å². The molecule has 5 rings (SSSR count). The molecule has 2 N–H and O–H groups in total. The molecule has 0 saturated carbocycles. The first-order valence-corrected chi connectivity index (χ1v) is 14.8. The van der Waals surface area contributed by atoms with Crippen LogP contribution < -0.4 is 10.1 Å². The Hall–Kier alpha value is -4.77. The van der Waals surface area contributed by atoms with Gasteiger partial charge in [-0.15, -0.1) is 0 Å². The molecule has 0 fully saturated rings. The van der Waals surface area contributed by atoms with E-state index < -0.39 is 29.2 Å². The van der Waals surface area contributed by atoms with E-state index in [1.54, 1.807) is 48.5 Å². The van der Waals surface area contributed by atoms with E-state index in [1.165, 1.54) is 6.07 Å². The summed E-state index contributed by atoms with van der Waals surface area (Å²) in [7, 11) is 0. The van der Waals surface area contributed by atoms with E-state index in [9.17, 15) is 19.1 Å². The largest absolute Gasteiger partial charge is 0.494 e. The number of carbonyl (C=O) groups excluding carboxylic acids is 1. The number of nitrogens with zero attached hydrogens (tertiary/aromatic N) is 4. The van der Waals surface area contributed by atoms with E-state index in [2.05, 4.69) is 31.3 Å². The minimum Gasteiger partial charge on any atom is -0.494 e. The van der Waals surface area contributed by atoms with Crippen LogP contribution in [0.1, 0.15) is 34.8 Å². The van der Waals surface area contributed by atoms with E-state index in [-0.39, 0.29) is 31.0 Å². The van der Waals surface area contributed by atoms with E-state index in [4.69, 9.17) is 19.6 Å². The fraction of sp³-hybridized carbons (Fsp3) is 0.212. The Morgan fingerprint density at radius 1 is 1.07 bits per heavy atom. The van der Waals surface area contributed by atoms with Crippen molar-refractivity contribution in [1.82, 2.24) is 5.32 Å². The average Bonchev–Trinajstić information content (AvgIpc) is 3.43. The highest BCUT2D eigenvalue weighted by molar-refractivity contribution is 9.10. The van der Waals surface area contributed by atoms with Gasteiger partial charge in [-0.05, 0) is 59.1 Å². The van der Waals surface area contributed by atoms with Crippen molar-refractivity contribution >= 4 is 33.4 Å². The fourth-order valence-electron chi connectivity index (χ4n) is 5.01. The number of hydrogen-bond donors (Lipinski definition) is 2. The molecule has 0 unspecified atom stereocenters. The predicted molar refractivity (Wildman–Crippen MR) is 168 cm³/mol. The standard InChI is InChI=1S/C33H28BrF2N5O4/c34-25-11-6-21(7-12-25)30-33(19-23-4-1-2-5-29(23)40-41-37,32(43)38-20-24-8-13-26(35)18-28(24)36)39-31(45-30)22-9-14-27(15-10-22)44-17-3-16-42/h1-2,4-15,18,30,42H,3,16-17,19-20H2,(H,38,43)/t30-,33-/m1/s1. The van der Waals surface area contributed by atoms with Crippen molar-refractivity contribution in [3.63, 3.8) is 0 Å². The Balaban J connectivity index is 1.60. The Labute approximate surface area is 266 Å². The highest BCUT2D eigenvalue weighted by atomic mass is 79.9. The lowest BCUT2D eigenvalue weighted by Crippen LogP contribution is -2.49. The maximum atomic E-state index is 14.5. The van der Waals surface area contributed by atoms with Crippen molar-refractivity contribution in [2.24, 2.45) is 10.1 Å². The van der Waals surface area contributed by atoms with Gasteiger partial charge in [0.05, 0.1) is 6.61 Å². The number of carbonyl (C=O) groups is 1. The van der Waals surface area contributed by atoms with Crippen molar-refractivity contribution in [2.45, 2.75) is 31.0 Å². The van der Waals surface area contributed by atoms with Gasteiger partial charge in [-0.1, -0.05) is 63.5 Å². The molecule has 1 aliphatic heterocycles. The molecule has 0 bridgehead atoms. The summed E-state index contributed by atoms with van der Waals surface area (Å²) in [6, 6.07) is 24.2. The van der Waals surface area contributed by atoms with Gasteiger partial charge in [0.15, 0.2) is 11.6 Å². The van der Waals surface area contributed by atoms with E-state index >= 15 is 0 Å². The Kier molecular flexibility index (Phi) is 10.1. The minimum atomic E-state index is -1.64. The first kappa shape index (κ1) is 31.6. The Morgan fingerprint density at radius 3 is 2.53 bits per heavy atom. The number of hydrogen-bond acceptors (Lipinski definition) is 6. The lowest BCUT2D eigenvalue weighted by Gasteiger charge is -2.31. The van der Waals surface area contributed by atoms with Crippen LogP contribution in [0.5, 0.6) is 5.75 Å². The molecule has 0 aromatic heterocycles. The molecule has 0 saturated heterocycles. The zero-order valence-electron chi connectivity index (χ0n) is 23.9. The molecule has 1 amide bonds. The van der Waals surface area contributed by atoms with Gasteiger partial charge in [0.1, 0.15) is 17.4 Å². The Bertz CT molecular complexity index is 1750. The third kappa shape index (κ3) is 7.31. The first-order valence-electron chi connectivity index (χ1n) is 14.0. The first-order chi connectivity index (χ1) is 21.8. The third-order valence-corrected chi connectivity index (χ3v) is 7.79. The molecule has 0 spiro atoms. The summed E-state index contributed by atoms with van der Waals surface area (Å²) >= 11 is 3.45. The van der Waals surface area contributed by atoms with Gasteiger partial charge in [-0.3, -0.25) is 4.79 Å². The molecule has 230 valence electrons. The number of aliphatic hydroxyl groups is 1. The van der Waals surface area contributed by atoms with Gasteiger partial charge >= 0.3 is 0 Å². The number of aliphatic hydroxyl groups excluding tert-OH is 1. The van der Waals surface area contributed by atoms with Crippen molar-refractivity contribution in [2.75, 3.05) is 13.2 Å². The van der Waals surface area contributed by atoms with Gasteiger partial charge in [-0.25, -0.2) is 13.8 Å². The lowest BCUT2D eigenvalue weighted by atomic mass is 9.81. The van der Waals surface area contributed by atoms with Crippen LogP contribution in [-0.4, -0.2) is 35.7 Å². The topological polar surface area (TPSA) is 129 Å². The number of benzene rings is 4. The number of azide groups is 1. The Morgan fingerprint density at radius 2 is 1.82 bits per heavy atom. The molecule has 1 aliphatic rings. The highest BCUT2D eigenvalue weighted by Crippen LogP contribution is 2.44. The van der Waals surface area contributed by atoms with E-state index in [0.717, 1.165) is 16.6 Å². The maximum Gasteiger partial charge on any atom is 0.252 e. The summed E-state index contributed by atoms with van der Waals surface area (Å²) in [6.45, 7) is 0.130. The predicted octanol–water partition coefficient (Wildman–Crippen LogP) is 7.25. The lowest BCUT2D eigenvalue weighted by molar-refractivity contribution is -0.129. The number of nitrogens with one attached hydrogen (secondary N) is 1. The summed E-state index contributed by atoms with van der Waals surface area (Å²) in [4.78, 5) is 22.2. The van der Waals surface area contributed by atoms with Crippen molar-refractivity contribution in [1.29, 1.82) is 0 Å². The summed E-state index contributed by atoms with van der Waals surface area (Å²) in [5.74, 6) is -1.32. The molecule has 0 radical (unpaired) electrons. The van der Waals surface area contributed by atoms with Crippen molar-refractivity contribution in [3.05, 3.63) is 140 Å². The van der Waals surface area contributed by atoms with Crippen molar-refractivity contribution in [3.8, 4) is 5.75 Å². The van der Waals surface area contributed by atoms with Crippen LogP contribution in [0, 0.1) is 11.6 Å². The average molecular weight is 677 g/mol. The SMILES string of the molecule is [N-]=[N+]=Nc1ccccc1C[C@@]1(C(=O)NCc2ccc(F)cc2F)N=C(c2ccc(OCCCO)cc2)O[C@@H]1c1ccc(Br)cc1. The molecule has 9 nitrogen and oxygen atoms in total.